The lowest BCUT2D eigenvalue weighted by atomic mass is 9.83. The molecule has 0 saturated carbocycles. The number of nitrogens with zero attached hydrogens (tertiary/aromatic N) is 4. The van der Waals surface area contributed by atoms with Crippen LogP contribution in [0.5, 0.6) is 0 Å². The lowest BCUT2D eigenvalue weighted by Gasteiger charge is -2.39. The molecule has 7 rings (SSSR count). The average Bonchev–Trinajstić information content (AvgIpc) is 3.21. The van der Waals surface area contributed by atoms with Crippen molar-refractivity contribution in [2.24, 2.45) is 10.8 Å². The molecule has 0 saturated heterocycles. The predicted molar refractivity (Wildman–Crippen MR) is 298 cm³/mol. The van der Waals surface area contributed by atoms with Crippen LogP contribution in [0.15, 0.2) is 84.9 Å². The lowest BCUT2D eigenvalue weighted by Crippen LogP contribution is -2.63. The number of aryl methyl sites for hydroxylation is 12. The van der Waals surface area contributed by atoms with E-state index in [1.165, 1.54) is 19.0 Å². The van der Waals surface area contributed by atoms with Gasteiger partial charge in [0.15, 0.2) is 10.8 Å². The normalized spacial score (nSPS) is 16.0. The molecule has 0 spiro atoms. The molecule has 16 heteroatoms. The van der Waals surface area contributed by atoms with Crippen LogP contribution < -0.4 is 9.80 Å². The van der Waals surface area contributed by atoms with E-state index in [0.29, 0.717) is 22.7 Å². The fourth-order valence-corrected chi connectivity index (χ4v) is 11.0. The van der Waals surface area contributed by atoms with Gasteiger partial charge in [0.05, 0.1) is 0 Å². The van der Waals surface area contributed by atoms with E-state index in [2.05, 4.69) is 0 Å². The van der Waals surface area contributed by atoms with Crippen LogP contribution in [0.4, 0.5) is 22.7 Å². The molecule has 0 aliphatic carbocycles. The SMILES string of the molecule is Cc1cc(C)c(N2C(=O)C(C)(C)C(=O)[N+](c3c(C)cc(C)cc3C)=C2[B-](Cl)(Cl)Cl)c(C)c1.Cc1cc(C)c(N2C(=O)C(C)(C)C(=O)[N+](c3c(C)cc(C)cc3C)=C2[B-](Cl)(Cl)Cl)c(C)c1.c1ccccc1. The van der Waals surface area contributed by atoms with Gasteiger partial charge >= 0.3 is 32.4 Å². The van der Waals surface area contributed by atoms with E-state index in [9.17, 15) is 19.2 Å². The van der Waals surface area contributed by atoms with Gasteiger partial charge < -0.3 is 68.8 Å². The number of anilines is 2. The second kappa shape index (κ2) is 21.0. The van der Waals surface area contributed by atoms with Crippen molar-refractivity contribution in [3.05, 3.63) is 152 Å². The third-order valence-corrected chi connectivity index (χ3v) is 13.7. The summed E-state index contributed by atoms with van der Waals surface area (Å²) in [6.45, 7) is 29.8. The molecule has 0 fully saturated rings. The molecule has 0 aromatic heterocycles. The number of carbonyl (C=O) groups is 4. The van der Waals surface area contributed by atoms with E-state index in [4.69, 9.17) is 68.8 Å². The summed E-state index contributed by atoms with van der Waals surface area (Å²) < 4.78 is -2.73. The maximum Gasteiger partial charge on any atom is 0.361 e. The van der Waals surface area contributed by atoms with Crippen molar-refractivity contribution in [1.82, 2.24) is 0 Å². The molecule has 370 valence electrons. The van der Waals surface area contributed by atoms with Gasteiger partial charge in [-0.3, -0.25) is 0 Å². The molecule has 0 N–H and O–H groups in total. The molecule has 2 heterocycles. The molecule has 2 aliphatic rings. The van der Waals surface area contributed by atoms with Crippen LogP contribution in [-0.2, 0) is 19.2 Å². The van der Waals surface area contributed by atoms with Crippen molar-refractivity contribution < 1.29 is 28.3 Å². The minimum absolute atomic E-state index is 0.0643. The van der Waals surface area contributed by atoms with E-state index in [-0.39, 0.29) is 11.5 Å². The maximum atomic E-state index is 13.8. The Bertz CT molecular complexity index is 2720. The summed E-state index contributed by atoms with van der Waals surface area (Å²) in [4.78, 5) is 58.1. The monoisotopic (exact) mass is 1060 g/mol. The first-order valence-electron chi connectivity index (χ1n) is 23.0. The Hall–Kier alpha value is -4.41. The first-order valence-corrected chi connectivity index (χ1v) is 25.6. The van der Waals surface area contributed by atoms with Crippen LogP contribution in [0, 0.1) is 93.9 Å². The third-order valence-electron chi connectivity index (χ3n) is 12.6. The molecule has 0 atom stereocenters. The highest BCUT2D eigenvalue weighted by Crippen LogP contribution is 2.44. The van der Waals surface area contributed by atoms with Gasteiger partial charge in [0.1, 0.15) is 34.2 Å². The van der Waals surface area contributed by atoms with Crippen molar-refractivity contribution in [3.63, 3.8) is 0 Å². The van der Waals surface area contributed by atoms with Crippen LogP contribution in [0.1, 0.15) is 94.5 Å². The number of amidine groups is 2. The smallest absolute Gasteiger partial charge is 0.337 e. The third kappa shape index (κ3) is 11.1. The highest BCUT2D eigenvalue weighted by atomic mass is 35.6. The lowest BCUT2D eigenvalue weighted by molar-refractivity contribution is -0.378. The second-order valence-corrected chi connectivity index (χ2v) is 25.1. The summed E-state index contributed by atoms with van der Waals surface area (Å²) >= 11 is 39.4. The Morgan fingerprint density at radius 2 is 0.571 bits per heavy atom. The van der Waals surface area contributed by atoms with Gasteiger partial charge in [-0.15, -0.1) is 0 Å². The van der Waals surface area contributed by atoms with Crippen LogP contribution >= 0.6 is 68.8 Å². The fourth-order valence-electron chi connectivity index (χ4n) is 9.85. The second-order valence-electron chi connectivity index (χ2n) is 19.8. The van der Waals surface area contributed by atoms with Gasteiger partial charge in [0.2, 0.25) is 0 Å². The molecule has 5 aromatic carbocycles. The standard InChI is InChI=1S/2C24H28BCl3N2O2.C6H6/c2*1-13-9-15(3)19(16(4)10-13)29-21(31)24(7,8)22(32)30(23(29)25(26,27)28)20-17(5)11-14(2)12-18(20)6;1-2-4-6-5-3-1/h2*9-12H,1-8H3;1-6H. The van der Waals surface area contributed by atoms with Crippen molar-refractivity contribution in [1.29, 1.82) is 0 Å². The summed E-state index contributed by atoms with van der Waals surface area (Å²) in [5.74, 6) is -1.67. The number of rotatable bonds is 6. The molecular formula is C54H62B2Cl6N4O4. The zero-order valence-corrected chi connectivity index (χ0v) is 47.5. The Balaban J connectivity index is 0.000000232. The fraction of sp³-hybridized carbons (Fsp3) is 0.333. The molecule has 5 aromatic rings. The van der Waals surface area contributed by atoms with E-state index in [1.54, 1.807) is 27.7 Å². The van der Waals surface area contributed by atoms with Crippen LogP contribution in [0.25, 0.3) is 0 Å². The van der Waals surface area contributed by atoms with E-state index >= 15 is 0 Å². The number of hydrogen-bond acceptors (Lipinski definition) is 4. The molecule has 0 unspecified atom stereocenters. The molecule has 2 aliphatic heterocycles. The van der Waals surface area contributed by atoms with Crippen molar-refractivity contribution in [2.45, 2.75) is 111 Å². The summed E-state index contributed by atoms with van der Waals surface area (Å²) in [6.07, 6.45) is 0. The average molecular weight is 1070 g/mol. The Morgan fingerprint density at radius 3 is 0.771 bits per heavy atom. The maximum absolute atomic E-state index is 13.8. The minimum atomic E-state index is -2.82. The van der Waals surface area contributed by atoms with E-state index in [1.807, 2.05) is 168 Å². The van der Waals surface area contributed by atoms with Gasteiger partial charge in [-0.1, -0.05) is 107 Å². The summed E-state index contributed by atoms with van der Waals surface area (Å²) in [6, 6.07) is 27.8. The molecule has 70 heavy (non-hydrogen) atoms. The summed E-state index contributed by atoms with van der Waals surface area (Å²) in [5, 5.41) is 0. The molecule has 8 nitrogen and oxygen atoms in total. The number of amides is 4. The van der Waals surface area contributed by atoms with Crippen molar-refractivity contribution >= 4 is 135 Å². The van der Waals surface area contributed by atoms with Gasteiger partial charge in [0, 0.05) is 0 Å². The predicted octanol–water partition coefficient (Wildman–Crippen LogP) is 14.4. The zero-order valence-electron chi connectivity index (χ0n) is 42.9. The molecule has 0 radical (unpaired) electrons. The van der Waals surface area contributed by atoms with Gasteiger partial charge in [0.25, 0.3) is 0 Å². The number of halogens is 6. The Labute approximate surface area is 443 Å². The highest BCUT2D eigenvalue weighted by Gasteiger charge is 2.59. The molecule has 0 bridgehead atoms. The van der Waals surface area contributed by atoms with Gasteiger partial charge in [-0.2, -0.15) is 19.0 Å². The van der Waals surface area contributed by atoms with Crippen molar-refractivity contribution in [2.75, 3.05) is 9.80 Å². The summed E-state index contributed by atoms with van der Waals surface area (Å²) in [5.41, 5.74) is 11.1. The topological polar surface area (TPSA) is 80.8 Å². The van der Waals surface area contributed by atoms with Crippen LogP contribution in [0.3, 0.4) is 0 Å². The highest BCUT2D eigenvalue weighted by molar-refractivity contribution is 7.76. The van der Waals surface area contributed by atoms with Crippen LogP contribution in [0.2, 0.25) is 0 Å². The number of benzene rings is 5. The van der Waals surface area contributed by atoms with Crippen molar-refractivity contribution in [3.8, 4) is 0 Å². The summed E-state index contributed by atoms with van der Waals surface area (Å²) in [7, 11) is 0. The van der Waals surface area contributed by atoms with E-state index < -0.39 is 43.2 Å². The molecular weight excluding hydrogens is 1000 g/mol. The quantitative estimate of drug-likeness (QED) is 0.0964. The first-order chi connectivity index (χ1) is 32.2. The van der Waals surface area contributed by atoms with Gasteiger partial charge in [-0.05, 0) is 155 Å². The minimum Gasteiger partial charge on any atom is -0.337 e. The molecule has 4 amide bonds. The van der Waals surface area contributed by atoms with Gasteiger partial charge in [-0.25, -0.2) is 19.2 Å². The van der Waals surface area contributed by atoms with E-state index in [0.717, 1.165) is 66.8 Å². The number of carbonyl (C=O) groups excluding carboxylic acids is 4. The Morgan fingerprint density at radius 1 is 0.371 bits per heavy atom. The number of hydrogen-bond donors (Lipinski definition) is 0. The Kier molecular flexibility index (Phi) is 16.9. The first kappa shape index (κ1) is 56.5. The largest absolute Gasteiger partial charge is 0.361 e. The van der Waals surface area contributed by atoms with Crippen LogP contribution in [-0.4, -0.2) is 53.0 Å². The zero-order chi connectivity index (χ0) is 52.9.